The number of amides is 2. The number of carbonyl (C=O) groups excluding carboxylic acids is 2. The largest absolute Gasteiger partial charge is 0.482 e. The summed E-state index contributed by atoms with van der Waals surface area (Å²) in [6.45, 7) is 4.19. The Morgan fingerprint density at radius 1 is 1.10 bits per heavy atom. The van der Waals surface area contributed by atoms with E-state index < -0.39 is 0 Å². The van der Waals surface area contributed by atoms with Crippen LogP contribution < -0.4 is 20.3 Å². The van der Waals surface area contributed by atoms with Crippen LogP contribution >= 0.6 is 0 Å². The summed E-state index contributed by atoms with van der Waals surface area (Å²) in [6, 6.07) is 15.2. The zero-order valence-corrected chi connectivity index (χ0v) is 17.4. The number of hydrogen-bond acceptors (Lipinski definition) is 4. The Morgan fingerprint density at radius 3 is 2.73 bits per heavy atom. The van der Waals surface area contributed by atoms with E-state index in [4.69, 9.17) is 4.74 Å². The van der Waals surface area contributed by atoms with Crippen molar-refractivity contribution < 1.29 is 14.3 Å². The van der Waals surface area contributed by atoms with Gasteiger partial charge in [0.2, 0.25) is 0 Å². The van der Waals surface area contributed by atoms with E-state index in [-0.39, 0.29) is 18.4 Å². The minimum atomic E-state index is -0.253. The number of para-hydroxylation sites is 2. The Morgan fingerprint density at radius 2 is 1.93 bits per heavy atom. The minimum Gasteiger partial charge on any atom is -0.482 e. The first-order valence-electron chi connectivity index (χ1n) is 10.8. The highest BCUT2D eigenvalue weighted by molar-refractivity contribution is 5.97. The van der Waals surface area contributed by atoms with E-state index >= 15 is 0 Å². The summed E-state index contributed by atoms with van der Waals surface area (Å²) < 4.78 is 5.87. The van der Waals surface area contributed by atoms with E-state index in [1.165, 1.54) is 12.8 Å². The van der Waals surface area contributed by atoms with Gasteiger partial charge in [0.15, 0.2) is 6.61 Å². The third-order valence-corrected chi connectivity index (χ3v) is 5.54. The molecule has 2 N–H and O–H groups in total. The molecular weight excluding hydrogens is 378 g/mol. The van der Waals surface area contributed by atoms with Crippen molar-refractivity contribution >= 4 is 23.2 Å². The van der Waals surface area contributed by atoms with Crippen LogP contribution in [0.1, 0.15) is 43.0 Å². The first kappa shape index (κ1) is 20.3. The molecule has 6 nitrogen and oxygen atoms in total. The Balaban J connectivity index is 1.35. The Bertz CT molecular complexity index is 910. The summed E-state index contributed by atoms with van der Waals surface area (Å²) in [6.07, 6.45) is 4.50. The number of hydrogen-bond donors (Lipinski definition) is 2. The summed E-state index contributed by atoms with van der Waals surface area (Å²) in [4.78, 5) is 27.0. The van der Waals surface area contributed by atoms with Gasteiger partial charge in [-0.3, -0.25) is 9.59 Å². The van der Waals surface area contributed by atoms with E-state index in [2.05, 4.69) is 22.5 Å². The summed E-state index contributed by atoms with van der Waals surface area (Å²) in [5.41, 5.74) is 2.17. The molecule has 30 heavy (non-hydrogen) atoms. The highest BCUT2D eigenvalue weighted by Crippen LogP contribution is 2.31. The van der Waals surface area contributed by atoms with E-state index in [0.29, 0.717) is 23.2 Å². The molecule has 6 heteroatoms. The predicted octanol–water partition coefficient (Wildman–Crippen LogP) is 3.83. The molecule has 0 aromatic heterocycles. The van der Waals surface area contributed by atoms with Crippen LogP contribution in [0.15, 0.2) is 48.5 Å². The first-order valence-corrected chi connectivity index (χ1v) is 10.8. The number of nitrogens with one attached hydrogen (secondary N) is 2. The normalized spacial score (nSPS) is 18.6. The van der Waals surface area contributed by atoms with Crippen LogP contribution in [0.3, 0.4) is 0 Å². The lowest BCUT2D eigenvalue weighted by Gasteiger charge is -2.33. The average molecular weight is 408 g/mol. The van der Waals surface area contributed by atoms with Gasteiger partial charge in [0.1, 0.15) is 5.75 Å². The average Bonchev–Trinajstić information content (AvgIpc) is 3.57. The van der Waals surface area contributed by atoms with Gasteiger partial charge in [-0.2, -0.15) is 0 Å². The maximum Gasteiger partial charge on any atom is 0.262 e. The van der Waals surface area contributed by atoms with Crippen LogP contribution in [0.25, 0.3) is 0 Å². The van der Waals surface area contributed by atoms with Gasteiger partial charge in [-0.1, -0.05) is 25.1 Å². The standard InChI is InChI=1S/C24H29N3O3/c1-17-6-5-13-27(15-17)21-9-2-3-10-22(21)30-16-23(28)25-20-8-4-7-18(14-20)24(29)26-19-11-12-19/h2-4,7-10,14,17,19H,5-6,11-13,15-16H2,1H3,(H,25,28)(H,26,29). The van der Waals surface area contributed by atoms with Crippen molar-refractivity contribution in [1.29, 1.82) is 0 Å². The molecule has 0 spiro atoms. The lowest BCUT2D eigenvalue weighted by molar-refractivity contribution is -0.118. The van der Waals surface area contributed by atoms with Crippen molar-refractivity contribution in [3.63, 3.8) is 0 Å². The Hall–Kier alpha value is -3.02. The van der Waals surface area contributed by atoms with Gasteiger partial charge in [0.05, 0.1) is 5.69 Å². The second kappa shape index (κ2) is 9.20. The molecule has 2 aromatic rings. The van der Waals surface area contributed by atoms with Gasteiger partial charge < -0.3 is 20.3 Å². The van der Waals surface area contributed by atoms with Gasteiger partial charge in [0.25, 0.3) is 11.8 Å². The molecular formula is C24H29N3O3. The van der Waals surface area contributed by atoms with Crippen LogP contribution in [-0.4, -0.2) is 37.6 Å². The van der Waals surface area contributed by atoms with Crippen molar-refractivity contribution in [3.8, 4) is 5.75 Å². The number of anilines is 2. The highest BCUT2D eigenvalue weighted by Gasteiger charge is 2.24. The van der Waals surface area contributed by atoms with E-state index in [9.17, 15) is 9.59 Å². The van der Waals surface area contributed by atoms with Crippen LogP contribution in [-0.2, 0) is 4.79 Å². The molecule has 1 aliphatic carbocycles. The molecule has 1 aliphatic heterocycles. The Kier molecular flexibility index (Phi) is 6.21. The molecule has 158 valence electrons. The van der Waals surface area contributed by atoms with Crippen molar-refractivity contribution in [2.45, 2.75) is 38.6 Å². The number of piperidine rings is 1. The third-order valence-electron chi connectivity index (χ3n) is 5.54. The van der Waals surface area contributed by atoms with E-state index in [0.717, 1.165) is 37.4 Å². The first-order chi connectivity index (χ1) is 14.6. The maximum absolute atomic E-state index is 12.4. The minimum absolute atomic E-state index is 0.0844. The summed E-state index contributed by atoms with van der Waals surface area (Å²) >= 11 is 0. The van der Waals surface area contributed by atoms with Gasteiger partial charge in [0, 0.05) is 30.4 Å². The SMILES string of the molecule is CC1CCCN(c2ccccc2OCC(=O)Nc2cccc(C(=O)NC3CC3)c2)C1. The van der Waals surface area contributed by atoms with Crippen molar-refractivity contribution in [2.75, 3.05) is 29.9 Å². The van der Waals surface area contributed by atoms with Crippen LogP contribution in [0.2, 0.25) is 0 Å². The Labute approximate surface area is 177 Å². The molecule has 2 aliphatic rings. The fraction of sp³-hybridized carbons (Fsp3) is 0.417. The molecule has 1 saturated heterocycles. The van der Waals surface area contributed by atoms with Crippen molar-refractivity contribution in [1.82, 2.24) is 5.32 Å². The quantitative estimate of drug-likeness (QED) is 0.732. The zero-order valence-electron chi connectivity index (χ0n) is 17.4. The summed E-state index contributed by atoms with van der Waals surface area (Å²) in [5, 5.41) is 5.78. The molecule has 2 amide bonds. The van der Waals surface area contributed by atoms with E-state index in [1.54, 1.807) is 24.3 Å². The highest BCUT2D eigenvalue weighted by atomic mass is 16.5. The third kappa shape index (κ3) is 5.32. The maximum atomic E-state index is 12.4. The molecule has 0 bridgehead atoms. The molecule has 1 heterocycles. The topological polar surface area (TPSA) is 70.7 Å². The second-order valence-electron chi connectivity index (χ2n) is 8.33. The molecule has 2 aromatic carbocycles. The zero-order chi connectivity index (χ0) is 20.9. The number of ether oxygens (including phenoxy) is 1. The van der Waals surface area contributed by atoms with Gasteiger partial charge >= 0.3 is 0 Å². The van der Waals surface area contributed by atoms with Crippen LogP contribution in [0.4, 0.5) is 11.4 Å². The van der Waals surface area contributed by atoms with Gasteiger partial charge in [-0.25, -0.2) is 0 Å². The smallest absolute Gasteiger partial charge is 0.262 e. The molecule has 0 radical (unpaired) electrons. The predicted molar refractivity (Wildman–Crippen MR) is 118 cm³/mol. The monoisotopic (exact) mass is 407 g/mol. The molecule has 4 rings (SSSR count). The fourth-order valence-electron chi connectivity index (χ4n) is 3.82. The lowest BCUT2D eigenvalue weighted by atomic mass is 9.99. The number of nitrogens with zero attached hydrogens (tertiary/aromatic N) is 1. The second-order valence-corrected chi connectivity index (χ2v) is 8.33. The lowest BCUT2D eigenvalue weighted by Crippen LogP contribution is -2.34. The number of carbonyl (C=O) groups is 2. The van der Waals surface area contributed by atoms with E-state index in [1.807, 2.05) is 24.3 Å². The van der Waals surface area contributed by atoms with Crippen molar-refractivity contribution in [3.05, 3.63) is 54.1 Å². The van der Waals surface area contributed by atoms with Gasteiger partial charge in [-0.15, -0.1) is 0 Å². The number of benzene rings is 2. The fourth-order valence-corrected chi connectivity index (χ4v) is 3.82. The number of rotatable bonds is 7. The van der Waals surface area contributed by atoms with Crippen LogP contribution in [0, 0.1) is 5.92 Å². The summed E-state index contributed by atoms with van der Waals surface area (Å²) in [5.74, 6) is 1.02. The van der Waals surface area contributed by atoms with Gasteiger partial charge in [-0.05, 0) is 61.9 Å². The van der Waals surface area contributed by atoms with Crippen molar-refractivity contribution in [2.24, 2.45) is 5.92 Å². The molecule has 1 atom stereocenters. The summed E-state index contributed by atoms with van der Waals surface area (Å²) in [7, 11) is 0. The molecule has 1 saturated carbocycles. The van der Waals surface area contributed by atoms with Crippen LogP contribution in [0.5, 0.6) is 5.75 Å². The molecule has 2 fully saturated rings. The molecule has 1 unspecified atom stereocenters.